The standard InChI is InChI=1S/C18H37NO5/c1-3-10-23-12-8-6-5-7-9-19-13-16(20)18(22)17(21)15(19)14-24-11-4-2/h15-18,20-22H,3-14H2,1-2H3/t15-,16+,17-,18-/m1/s1. The van der Waals surface area contributed by atoms with Crippen LogP contribution in [-0.2, 0) is 9.47 Å². The summed E-state index contributed by atoms with van der Waals surface area (Å²) in [6.07, 6.45) is 3.35. The zero-order valence-corrected chi connectivity index (χ0v) is 15.4. The van der Waals surface area contributed by atoms with E-state index in [0.717, 1.165) is 58.3 Å². The fourth-order valence-electron chi connectivity index (χ4n) is 3.08. The number of aliphatic hydroxyl groups excluding tert-OH is 3. The smallest absolute Gasteiger partial charge is 0.109 e. The highest BCUT2D eigenvalue weighted by Crippen LogP contribution is 2.20. The Hall–Kier alpha value is -0.240. The van der Waals surface area contributed by atoms with Crippen LogP contribution in [0.25, 0.3) is 0 Å². The molecule has 0 unspecified atom stereocenters. The van der Waals surface area contributed by atoms with E-state index in [0.29, 0.717) is 19.8 Å². The van der Waals surface area contributed by atoms with Crippen molar-refractivity contribution < 1.29 is 24.8 Å². The van der Waals surface area contributed by atoms with Crippen molar-refractivity contribution >= 4 is 0 Å². The Morgan fingerprint density at radius 3 is 2.21 bits per heavy atom. The minimum Gasteiger partial charge on any atom is -0.389 e. The van der Waals surface area contributed by atoms with Crippen LogP contribution in [-0.4, -0.2) is 84.1 Å². The maximum absolute atomic E-state index is 10.3. The highest BCUT2D eigenvalue weighted by Gasteiger charge is 2.40. The van der Waals surface area contributed by atoms with E-state index >= 15 is 0 Å². The SMILES string of the molecule is CCCOCCCCCCN1C[C@H](O)[C@@H](O)[C@H](O)[C@H]1COCCC. The van der Waals surface area contributed by atoms with Crippen LogP contribution >= 0.6 is 0 Å². The highest BCUT2D eigenvalue weighted by atomic mass is 16.5. The molecule has 3 N–H and O–H groups in total. The first kappa shape index (κ1) is 21.8. The van der Waals surface area contributed by atoms with Crippen molar-refractivity contribution in [3.63, 3.8) is 0 Å². The maximum Gasteiger partial charge on any atom is 0.109 e. The van der Waals surface area contributed by atoms with Gasteiger partial charge in [0.25, 0.3) is 0 Å². The quantitative estimate of drug-likeness (QED) is 0.434. The Bertz CT molecular complexity index is 305. The van der Waals surface area contributed by atoms with E-state index in [-0.39, 0.29) is 6.04 Å². The highest BCUT2D eigenvalue weighted by molar-refractivity contribution is 4.94. The van der Waals surface area contributed by atoms with E-state index in [1.165, 1.54) is 0 Å². The molecule has 0 aliphatic carbocycles. The molecule has 0 radical (unpaired) electrons. The lowest BCUT2D eigenvalue weighted by atomic mass is 9.94. The van der Waals surface area contributed by atoms with Gasteiger partial charge >= 0.3 is 0 Å². The van der Waals surface area contributed by atoms with Gasteiger partial charge in [0, 0.05) is 26.4 Å². The zero-order chi connectivity index (χ0) is 17.8. The molecule has 1 aliphatic heterocycles. The van der Waals surface area contributed by atoms with Crippen LogP contribution in [0, 0.1) is 0 Å². The van der Waals surface area contributed by atoms with Gasteiger partial charge in [-0.05, 0) is 32.2 Å². The molecule has 0 aromatic heterocycles. The molecule has 1 rings (SSSR count). The maximum atomic E-state index is 10.3. The Balaban J connectivity index is 2.30. The lowest BCUT2D eigenvalue weighted by Crippen LogP contribution is -2.62. The fourth-order valence-corrected chi connectivity index (χ4v) is 3.08. The summed E-state index contributed by atoms with van der Waals surface area (Å²) in [6, 6.07) is -0.247. The van der Waals surface area contributed by atoms with E-state index in [1.54, 1.807) is 0 Å². The van der Waals surface area contributed by atoms with Gasteiger partial charge in [-0.1, -0.05) is 26.7 Å². The molecule has 0 aromatic carbocycles. The summed E-state index contributed by atoms with van der Waals surface area (Å²) >= 11 is 0. The molecule has 0 amide bonds. The molecule has 0 aromatic rings. The van der Waals surface area contributed by atoms with Crippen molar-refractivity contribution in [1.29, 1.82) is 0 Å². The first-order valence-electron chi connectivity index (χ1n) is 9.55. The number of β-amino-alcohol motifs (C(OH)–C–C–N with tert-alkyl or cyclic N) is 1. The van der Waals surface area contributed by atoms with Crippen LogP contribution in [0.4, 0.5) is 0 Å². The van der Waals surface area contributed by atoms with Gasteiger partial charge in [-0.25, -0.2) is 0 Å². The van der Waals surface area contributed by atoms with Crippen LogP contribution in [0.5, 0.6) is 0 Å². The average Bonchev–Trinajstić information content (AvgIpc) is 2.58. The second-order valence-corrected chi connectivity index (χ2v) is 6.71. The molecule has 1 aliphatic rings. The average molecular weight is 347 g/mol. The minimum absolute atomic E-state index is 0.247. The number of hydrogen-bond acceptors (Lipinski definition) is 6. The van der Waals surface area contributed by atoms with Gasteiger partial charge in [0.2, 0.25) is 0 Å². The van der Waals surface area contributed by atoms with Crippen LogP contribution in [0.2, 0.25) is 0 Å². The van der Waals surface area contributed by atoms with Crippen LogP contribution < -0.4 is 0 Å². The molecule has 1 fully saturated rings. The third-order valence-electron chi connectivity index (χ3n) is 4.50. The van der Waals surface area contributed by atoms with Gasteiger partial charge in [0.05, 0.1) is 18.8 Å². The van der Waals surface area contributed by atoms with Gasteiger partial charge in [-0.3, -0.25) is 4.90 Å². The van der Waals surface area contributed by atoms with Gasteiger partial charge in [-0.2, -0.15) is 0 Å². The number of aliphatic hydroxyl groups is 3. The first-order chi connectivity index (χ1) is 11.6. The molecular weight excluding hydrogens is 310 g/mol. The predicted molar refractivity (Wildman–Crippen MR) is 94.1 cm³/mol. The largest absolute Gasteiger partial charge is 0.389 e. The lowest BCUT2D eigenvalue weighted by molar-refractivity contribution is -0.149. The molecule has 0 saturated carbocycles. The molecule has 6 heteroatoms. The normalized spacial score (nSPS) is 28.4. The summed E-state index contributed by atoms with van der Waals surface area (Å²) in [4.78, 5) is 2.06. The second-order valence-electron chi connectivity index (χ2n) is 6.71. The van der Waals surface area contributed by atoms with Crippen molar-refractivity contribution in [1.82, 2.24) is 4.90 Å². The van der Waals surface area contributed by atoms with Crippen LogP contribution in [0.3, 0.4) is 0 Å². The van der Waals surface area contributed by atoms with Crippen molar-refractivity contribution in [3.05, 3.63) is 0 Å². The van der Waals surface area contributed by atoms with Gasteiger partial charge in [0.1, 0.15) is 12.2 Å². The molecule has 6 nitrogen and oxygen atoms in total. The Labute approximate surface area is 146 Å². The van der Waals surface area contributed by atoms with Gasteiger partial charge in [-0.15, -0.1) is 0 Å². The number of nitrogens with zero attached hydrogens (tertiary/aromatic N) is 1. The number of rotatable bonds is 13. The minimum atomic E-state index is -1.09. The van der Waals surface area contributed by atoms with E-state index in [2.05, 4.69) is 11.8 Å². The number of unbranched alkanes of at least 4 members (excludes halogenated alkanes) is 3. The molecule has 0 spiro atoms. The molecule has 0 bridgehead atoms. The van der Waals surface area contributed by atoms with E-state index < -0.39 is 18.3 Å². The van der Waals surface area contributed by atoms with Gasteiger partial charge < -0.3 is 24.8 Å². The van der Waals surface area contributed by atoms with Crippen molar-refractivity contribution in [2.75, 3.05) is 39.5 Å². The molecule has 1 heterocycles. The summed E-state index contributed by atoms with van der Waals surface area (Å²) in [5, 5.41) is 30.1. The summed E-state index contributed by atoms with van der Waals surface area (Å²) in [5.41, 5.74) is 0. The predicted octanol–water partition coefficient (Wildman–Crippen LogP) is 1.17. The Kier molecular flexibility index (Phi) is 11.8. The van der Waals surface area contributed by atoms with Crippen LogP contribution in [0.15, 0.2) is 0 Å². The van der Waals surface area contributed by atoms with Crippen LogP contribution in [0.1, 0.15) is 52.4 Å². The first-order valence-corrected chi connectivity index (χ1v) is 9.55. The van der Waals surface area contributed by atoms with Crippen molar-refractivity contribution in [2.24, 2.45) is 0 Å². The third kappa shape index (κ3) is 7.76. The van der Waals surface area contributed by atoms with E-state index in [1.807, 2.05) is 6.92 Å². The number of piperidine rings is 1. The summed E-state index contributed by atoms with van der Waals surface area (Å²) in [5.74, 6) is 0. The summed E-state index contributed by atoms with van der Waals surface area (Å²) in [6.45, 7) is 8.04. The molecule has 1 saturated heterocycles. The topological polar surface area (TPSA) is 82.4 Å². The molecule has 4 atom stereocenters. The third-order valence-corrected chi connectivity index (χ3v) is 4.50. The Morgan fingerprint density at radius 1 is 0.833 bits per heavy atom. The molecule has 144 valence electrons. The lowest BCUT2D eigenvalue weighted by Gasteiger charge is -2.43. The summed E-state index contributed by atoms with van der Waals surface area (Å²) in [7, 11) is 0. The second kappa shape index (κ2) is 13.0. The van der Waals surface area contributed by atoms with E-state index in [4.69, 9.17) is 9.47 Å². The summed E-state index contributed by atoms with van der Waals surface area (Å²) < 4.78 is 11.0. The number of likely N-dealkylation sites (tertiary alicyclic amines) is 1. The number of hydrogen-bond donors (Lipinski definition) is 3. The van der Waals surface area contributed by atoms with Gasteiger partial charge in [0.15, 0.2) is 0 Å². The molecular formula is C18H37NO5. The van der Waals surface area contributed by atoms with E-state index in [9.17, 15) is 15.3 Å². The zero-order valence-electron chi connectivity index (χ0n) is 15.4. The van der Waals surface area contributed by atoms with Crippen molar-refractivity contribution in [2.45, 2.75) is 76.7 Å². The molecule has 24 heavy (non-hydrogen) atoms. The number of ether oxygens (including phenoxy) is 2. The monoisotopic (exact) mass is 347 g/mol. The van der Waals surface area contributed by atoms with Crippen molar-refractivity contribution in [3.8, 4) is 0 Å². The fraction of sp³-hybridized carbons (Fsp3) is 1.00. The Morgan fingerprint density at radius 2 is 1.50 bits per heavy atom.